The van der Waals surface area contributed by atoms with Crippen molar-refractivity contribution in [3.8, 4) is 0 Å². The topological polar surface area (TPSA) is 136 Å². The van der Waals surface area contributed by atoms with Crippen molar-refractivity contribution >= 4 is 68.3 Å². The van der Waals surface area contributed by atoms with Gasteiger partial charge in [0.05, 0.1) is 13.2 Å². The van der Waals surface area contributed by atoms with Gasteiger partial charge in [-0.1, -0.05) is 10.3 Å². The number of carbonyl (C=O) groups excluding carboxylic acids is 2. The molecule has 0 heterocycles. The predicted molar refractivity (Wildman–Crippen MR) is 110 cm³/mol. The molecule has 28 heavy (non-hydrogen) atoms. The molecule has 0 aromatic rings. The fraction of sp³-hybridized carbons (Fsp3) is 0.667. The Balaban J connectivity index is 4.25. The van der Waals surface area contributed by atoms with E-state index in [1.165, 1.54) is 37.6 Å². The van der Waals surface area contributed by atoms with E-state index in [0.717, 1.165) is 0 Å². The third-order valence-corrected chi connectivity index (χ3v) is 5.77. The van der Waals surface area contributed by atoms with Crippen molar-refractivity contribution in [1.29, 1.82) is 0 Å². The average Bonchev–Trinajstić information content (AvgIpc) is 2.70. The van der Waals surface area contributed by atoms with Gasteiger partial charge in [0.1, 0.15) is 10.1 Å². The molecule has 0 spiro atoms. The van der Waals surface area contributed by atoms with Gasteiger partial charge in [-0.25, -0.2) is 26.6 Å². The molecular formula is C12H22N4O8S4. The van der Waals surface area contributed by atoms with Crippen molar-refractivity contribution in [3.63, 3.8) is 0 Å². The van der Waals surface area contributed by atoms with Gasteiger partial charge in [-0.3, -0.25) is 18.0 Å². The summed E-state index contributed by atoms with van der Waals surface area (Å²) in [6, 6.07) is 0. The number of nitrogens with zero attached hydrogens (tertiary/aromatic N) is 4. The lowest BCUT2D eigenvalue weighted by atomic mass is 10.8. The van der Waals surface area contributed by atoms with Crippen LogP contribution in [-0.2, 0) is 40.6 Å². The van der Waals surface area contributed by atoms with Gasteiger partial charge in [0, 0.05) is 14.1 Å². The maximum atomic E-state index is 11.8. The average molecular weight is 479 g/mol. The van der Waals surface area contributed by atoms with Gasteiger partial charge in [0.2, 0.25) is 0 Å². The number of rotatable bonds is 9. The molecule has 0 aromatic carbocycles. The molecule has 0 rings (SSSR count). The first-order chi connectivity index (χ1) is 13.1. The molecule has 0 N–H and O–H groups in total. The molecular weight excluding hydrogens is 456 g/mol. The maximum Gasteiger partial charge on any atom is 0.449 e. The normalized spacial score (nSPS) is 14.2. The number of oxime groups is 2. The van der Waals surface area contributed by atoms with Crippen LogP contribution in [0.3, 0.4) is 0 Å². The summed E-state index contributed by atoms with van der Waals surface area (Å²) in [5.41, 5.74) is 0. The van der Waals surface area contributed by atoms with Crippen LogP contribution in [-0.4, -0.2) is 79.1 Å². The molecule has 2 atom stereocenters. The van der Waals surface area contributed by atoms with Crippen LogP contribution in [0.4, 0.5) is 9.59 Å². The Kier molecular flexibility index (Phi) is 14.1. The molecule has 2 amide bonds. The SMILES string of the molecule is CSC(C)=NOC(=O)N(C)S(=O)OCCOS(=O)N(C)C(=O)ON=C(C)SC. The lowest BCUT2D eigenvalue weighted by Crippen LogP contribution is -2.32. The zero-order chi connectivity index (χ0) is 21.7. The standard InChI is InChI=1S/C12H22N4O8S4/c1-9(25-5)13-23-11(17)15(3)27(19)21-7-8-22-28(20)16(4)12(18)24-14-10(2)26-6/h7-8H2,1-6H3. The second-order valence-corrected chi connectivity index (χ2v) is 8.85. The van der Waals surface area contributed by atoms with Gasteiger partial charge in [0.15, 0.2) is 0 Å². The van der Waals surface area contributed by atoms with Crippen molar-refractivity contribution in [2.24, 2.45) is 10.3 Å². The van der Waals surface area contributed by atoms with Crippen LogP contribution >= 0.6 is 23.5 Å². The van der Waals surface area contributed by atoms with Crippen molar-refractivity contribution in [2.75, 3.05) is 39.8 Å². The second-order valence-electron chi connectivity index (χ2n) is 4.42. The van der Waals surface area contributed by atoms with E-state index in [-0.39, 0.29) is 13.2 Å². The van der Waals surface area contributed by atoms with E-state index in [1.54, 1.807) is 26.4 Å². The van der Waals surface area contributed by atoms with Crippen molar-refractivity contribution in [2.45, 2.75) is 13.8 Å². The molecule has 0 saturated heterocycles. The van der Waals surface area contributed by atoms with Crippen molar-refractivity contribution < 1.29 is 36.0 Å². The zero-order valence-corrected chi connectivity index (χ0v) is 19.4. The highest BCUT2D eigenvalue weighted by molar-refractivity contribution is 8.13. The summed E-state index contributed by atoms with van der Waals surface area (Å²) in [5.74, 6) is 0. The first kappa shape index (κ1) is 26.8. The Hall–Kier alpha value is -1.20. The second kappa shape index (κ2) is 14.7. The molecule has 0 radical (unpaired) electrons. The van der Waals surface area contributed by atoms with Crippen LogP contribution < -0.4 is 0 Å². The number of carbonyl (C=O) groups is 2. The quantitative estimate of drug-likeness (QED) is 0.158. The Morgan fingerprint density at radius 3 is 1.43 bits per heavy atom. The van der Waals surface area contributed by atoms with Gasteiger partial charge < -0.3 is 0 Å². The van der Waals surface area contributed by atoms with Crippen LogP contribution in [0.25, 0.3) is 0 Å². The number of hydrogen-bond acceptors (Lipinski definition) is 12. The van der Waals surface area contributed by atoms with Gasteiger partial charge in [-0.15, -0.1) is 23.5 Å². The van der Waals surface area contributed by atoms with E-state index in [2.05, 4.69) is 20.0 Å². The number of amides is 2. The van der Waals surface area contributed by atoms with Crippen LogP contribution in [0.15, 0.2) is 10.3 Å². The Bertz CT molecular complexity index is 591. The van der Waals surface area contributed by atoms with E-state index < -0.39 is 34.7 Å². The highest BCUT2D eigenvalue weighted by Crippen LogP contribution is 2.04. The molecule has 0 aromatic heterocycles. The lowest BCUT2D eigenvalue weighted by Gasteiger charge is -2.14. The number of hydrogen-bond donors (Lipinski definition) is 0. The Morgan fingerprint density at radius 1 is 0.821 bits per heavy atom. The summed E-state index contributed by atoms with van der Waals surface area (Å²) in [4.78, 5) is 32.3. The summed E-state index contributed by atoms with van der Waals surface area (Å²) < 4.78 is 34.7. The lowest BCUT2D eigenvalue weighted by molar-refractivity contribution is 0.129. The molecule has 0 aliphatic carbocycles. The fourth-order valence-electron chi connectivity index (χ4n) is 0.887. The van der Waals surface area contributed by atoms with Crippen LogP contribution in [0, 0.1) is 0 Å². The van der Waals surface area contributed by atoms with Gasteiger partial charge in [0.25, 0.3) is 22.5 Å². The molecule has 0 fully saturated rings. The summed E-state index contributed by atoms with van der Waals surface area (Å²) in [6.07, 6.45) is 1.52. The summed E-state index contributed by atoms with van der Waals surface area (Å²) in [6.45, 7) is 2.70. The van der Waals surface area contributed by atoms with E-state index in [4.69, 9.17) is 8.37 Å². The van der Waals surface area contributed by atoms with Crippen LogP contribution in [0.5, 0.6) is 0 Å². The molecule has 0 saturated carbocycles. The summed E-state index contributed by atoms with van der Waals surface area (Å²) in [5, 5.41) is 8.02. The highest BCUT2D eigenvalue weighted by Gasteiger charge is 2.20. The Labute approximate surface area is 176 Å². The first-order valence-electron chi connectivity index (χ1n) is 7.30. The van der Waals surface area contributed by atoms with Gasteiger partial charge in [-0.05, 0) is 26.4 Å². The molecule has 0 bridgehead atoms. The van der Waals surface area contributed by atoms with E-state index in [1.807, 2.05) is 0 Å². The summed E-state index contributed by atoms with van der Waals surface area (Å²) >= 11 is -1.81. The zero-order valence-electron chi connectivity index (χ0n) is 16.1. The molecule has 16 heteroatoms. The first-order valence-corrected chi connectivity index (χ1v) is 11.8. The fourth-order valence-corrected chi connectivity index (χ4v) is 2.16. The van der Waals surface area contributed by atoms with Crippen molar-refractivity contribution in [3.05, 3.63) is 0 Å². The smallest absolute Gasteiger partial charge is 0.296 e. The minimum absolute atomic E-state index is 0.282. The molecule has 0 aliphatic heterocycles. The third kappa shape index (κ3) is 11.0. The van der Waals surface area contributed by atoms with Crippen LogP contribution in [0.2, 0.25) is 0 Å². The van der Waals surface area contributed by atoms with E-state index in [0.29, 0.717) is 18.7 Å². The monoisotopic (exact) mass is 478 g/mol. The molecule has 2 unspecified atom stereocenters. The summed E-state index contributed by atoms with van der Waals surface area (Å²) in [7, 11) is 2.37. The molecule has 162 valence electrons. The largest absolute Gasteiger partial charge is 0.449 e. The third-order valence-electron chi connectivity index (χ3n) is 2.51. The highest BCUT2D eigenvalue weighted by atomic mass is 32.2. The number of thioether (sulfide) groups is 2. The van der Waals surface area contributed by atoms with Crippen molar-refractivity contribution in [1.82, 2.24) is 8.61 Å². The maximum absolute atomic E-state index is 11.8. The Morgan fingerprint density at radius 2 is 1.14 bits per heavy atom. The van der Waals surface area contributed by atoms with E-state index >= 15 is 0 Å². The van der Waals surface area contributed by atoms with Gasteiger partial charge in [-0.2, -0.15) is 0 Å². The predicted octanol–water partition coefficient (Wildman–Crippen LogP) is 1.71. The minimum atomic E-state index is -2.18. The van der Waals surface area contributed by atoms with E-state index in [9.17, 15) is 18.0 Å². The molecule has 0 aliphatic rings. The van der Waals surface area contributed by atoms with Crippen LogP contribution in [0.1, 0.15) is 13.8 Å². The van der Waals surface area contributed by atoms with Gasteiger partial charge >= 0.3 is 12.2 Å². The molecule has 12 nitrogen and oxygen atoms in total. The minimum Gasteiger partial charge on any atom is -0.296 e.